The van der Waals surface area contributed by atoms with Crippen LogP contribution in [0.2, 0.25) is 5.02 Å². The van der Waals surface area contributed by atoms with Crippen molar-refractivity contribution in [3.63, 3.8) is 0 Å². The number of nitrogens with two attached hydrogens (primary N) is 1. The number of carbonyl (C=O) groups excluding carboxylic acids is 1. The Kier molecular flexibility index (Phi) is 4.95. The van der Waals surface area contributed by atoms with Crippen LogP contribution >= 0.6 is 11.6 Å². The number of fused-ring (bicyclic) bond motifs is 1. The monoisotopic (exact) mass is 386 g/mol. The summed E-state index contributed by atoms with van der Waals surface area (Å²) >= 11 is 5.96. The molecule has 0 bridgehead atoms. The number of alkyl halides is 3. The van der Waals surface area contributed by atoms with Gasteiger partial charge in [-0.25, -0.2) is 4.79 Å². The first-order chi connectivity index (χ1) is 12.2. The smallest absolute Gasteiger partial charge is 0.416 e. The first-order valence-corrected chi connectivity index (χ1v) is 8.07. The topological polar surface area (TPSA) is 74.4 Å². The number of nitrogens with zero attached hydrogens (tertiary/aromatic N) is 1. The van der Waals surface area contributed by atoms with E-state index in [0.29, 0.717) is 29.1 Å². The molecule has 1 heterocycles. The molecule has 0 saturated carbocycles. The number of benzene rings is 1. The Bertz CT molecular complexity index is 812. The molecule has 2 aromatic rings. The maximum absolute atomic E-state index is 12.6. The number of ether oxygens (including phenoxy) is 2. The van der Waals surface area contributed by atoms with Crippen molar-refractivity contribution < 1.29 is 27.4 Å². The zero-order chi connectivity index (χ0) is 18.9. The minimum Gasteiger partial charge on any atom is -0.484 e. The molecular weight excluding hydrogens is 373 g/mol. The van der Waals surface area contributed by atoms with E-state index in [2.05, 4.69) is 4.98 Å². The Morgan fingerprint density at radius 3 is 2.46 bits per heavy atom. The molecular formula is C17H14ClF3N2O3. The van der Waals surface area contributed by atoms with Crippen LogP contribution in [0.25, 0.3) is 0 Å². The number of halogens is 4. The van der Waals surface area contributed by atoms with Crippen LogP contribution in [-0.4, -0.2) is 11.1 Å². The molecule has 1 aliphatic carbocycles. The van der Waals surface area contributed by atoms with Gasteiger partial charge >= 0.3 is 12.3 Å². The average molecular weight is 387 g/mol. The molecule has 3 rings (SSSR count). The van der Waals surface area contributed by atoms with Crippen molar-refractivity contribution in [1.82, 2.24) is 4.98 Å². The summed E-state index contributed by atoms with van der Waals surface area (Å²) in [4.78, 5) is 15.3. The number of aromatic nitrogens is 1. The Hall–Kier alpha value is -2.48. The van der Waals surface area contributed by atoms with Gasteiger partial charge < -0.3 is 15.2 Å². The molecule has 1 aromatic heterocycles. The zero-order valence-electron chi connectivity index (χ0n) is 13.3. The largest absolute Gasteiger partial charge is 0.484 e. The molecule has 9 heteroatoms. The molecule has 0 saturated heterocycles. The summed E-state index contributed by atoms with van der Waals surface area (Å²) in [6.45, 7) is 0. The Balaban J connectivity index is 1.84. The van der Waals surface area contributed by atoms with Gasteiger partial charge in [0.1, 0.15) is 18.0 Å². The first-order valence-electron chi connectivity index (χ1n) is 7.69. The van der Waals surface area contributed by atoms with E-state index in [1.807, 2.05) is 0 Å². The predicted molar refractivity (Wildman–Crippen MR) is 86.7 cm³/mol. The van der Waals surface area contributed by atoms with Gasteiger partial charge in [0, 0.05) is 11.8 Å². The number of amides is 1. The third kappa shape index (κ3) is 4.01. The van der Waals surface area contributed by atoms with Crippen LogP contribution in [0.3, 0.4) is 0 Å². The van der Waals surface area contributed by atoms with E-state index in [9.17, 15) is 18.0 Å². The van der Waals surface area contributed by atoms with Gasteiger partial charge in [-0.3, -0.25) is 4.98 Å². The second-order valence-corrected chi connectivity index (χ2v) is 6.20. The fourth-order valence-corrected chi connectivity index (χ4v) is 3.02. The Morgan fingerprint density at radius 2 is 1.85 bits per heavy atom. The van der Waals surface area contributed by atoms with Crippen LogP contribution in [0.4, 0.5) is 18.0 Å². The number of hydrogen-bond acceptors (Lipinski definition) is 4. The van der Waals surface area contributed by atoms with Crippen LogP contribution in [0, 0.1) is 0 Å². The molecule has 2 atom stereocenters. The molecule has 138 valence electrons. The van der Waals surface area contributed by atoms with Gasteiger partial charge in [-0.15, -0.1) is 0 Å². The molecule has 0 radical (unpaired) electrons. The van der Waals surface area contributed by atoms with Crippen molar-refractivity contribution in [2.45, 2.75) is 31.2 Å². The van der Waals surface area contributed by atoms with Gasteiger partial charge in [0.05, 0.1) is 16.3 Å². The molecule has 0 aliphatic heterocycles. The maximum atomic E-state index is 12.6. The minimum atomic E-state index is -4.41. The second-order valence-electron chi connectivity index (χ2n) is 5.76. The first kappa shape index (κ1) is 18.3. The van der Waals surface area contributed by atoms with Gasteiger partial charge in [-0.1, -0.05) is 11.6 Å². The van der Waals surface area contributed by atoms with Crippen molar-refractivity contribution >= 4 is 17.7 Å². The van der Waals surface area contributed by atoms with E-state index in [1.165, 1.54) is 18.3 Å². The lowest BCUT2D eigenvalue weighted by Crippen LogP contribution is -2.25. The second kappa shape index (κ2) is 7.03. The maximum Gasteiger partial charge on any atom is 0.416 e. The van der Waals surface area contributed by atoms with E-state index in [-0.39, 0.29) is 5.75 Å². The lowest BCUT2D eigenvalue weighted by atomic mass is 9.91. The molecule has 5 nitrogen and oxygen atoms in total. The van der Waals surface area contributed by atoms with Crippen LogP contribution in [0.5, 0.6) is 5.75 Å². The van der Waals surface area contributed by atoms with Crippen molar-refractivity contribution in [3.05, 3.63) is 58.4 Å². The Morgan fingerprint density at radius 1 is 1.19 bits per heavy atom. The Labute approximate surface area is 151 Å². The number of rotatable bonds is 3. The highest BCUT2D eigenvalue weighted by atomic mass is 35.5. The standard InChI is InChI=1S/C17H14ClF3N2O3/c18-10-7-12-13(26-16(22)24)5-6-14(15(12)23-8-10)25-11-3-1-9(2-4-11)17(19,20)21/h1-4,7-8,13-14H,5-6H2,(H2,22,24). The quantitative estimate of drug-likeness (QED) is 0.821. The van der Waals surface area contributed by atoms with Gasteiger partial charge in [0.2, 0.25) is 0 Å². The van der Waals surface area contributed by atoms with Crippen LogP contribution in [0.1, 0.15) is 41.9 Å². The molecule has 26 heavy (non-hydrogen) atoms. The summed E-state index contributed by atoms with van der Waals surface area (Å²) in [5.74, 6) is 0.278. The molecule has 1 amide bonds. The molecule has 0 spiro atoms. The summed E-state index contributed by atoms with van der Waals surface area (Å²) in [6.07, 6.45) is -4.14. The van der Waals surface area contributed by atoms with Gasteiger partial charge in [0.15, 0.2) is 0 Å². The SMILES string of the molecule is NC(=O)OC1CCC(Oc2ccc(C(F)(F)F)cc2)c2ncc(Cl)cc21. The van der Waals surface area contributed by atoms with Crippen LogP contribution < -0.4 is 10.5 Å². The van der Waals surface area contributed by atoms with E-state index >= 15 is 0 Å². The molecule has 1 aliphatic rings. The fourth-order valence-electron chi connectivity index (χ4n) is 2.85. The highest BCUT2D eigenvalue weighted by molar-refractivity contribution is 6.30. The fraction of sp³-hybridized carbons (Fsp3) is 0.294. The average Bonchev–Trinajstić information content (AvgIpc) is 2.56. The molecule has 0 fully saturated rings. The van der Waals surface area contributed by atoms with Crippen molar-refractivity contribution in [3.8, 4) is 5.75 Å². The number of hydrogen-bond donors (Lipinski definition) is 1. The lowest BCUT2D eigenvalue weighted by molar-refractivity contribution is -0.137. The number of pyridine rings is 1. The molecule has 1 aromatic carbocycles. The normalized spacial score (nSPS) is 19.5. The number of carbonyl (C=O) groups is 1. The third-order valence-corrected chi connectivity index (χ3v) is 4.18. The van der Waals surface area contributed by atoms with Gasteiger partial charge in [0.25, 0.3) is 0 Å². The third-order valence-electron chi connectivity index (χ3n) is 3.98. The zero-order valence-corrected chi connectivity index (χ0v) is 14.1. The molecule has 2 N–H and O–H groups in total. The summed E-state index contributed by atoms with van der Waals surface area (Å²) in [7, 11) is 0. The number of primary amides is 1. The van der Waals surface area contributed by atoms with E-state index in [1.54, 1.807) is 6.07 Å². The predicted octanol–water partition coefficient (Wildman–Crippen LogP) is 4.80. The van der Waals surface area contributed by atoms with E-state index in [4.69, 9.17) is 26.8 Å². The van der Waals surface area contributed by atoms with Crippen LogP contribution in [-0.2, 0) is 10.9 Å². The van der Waals surface area contributed by atoms with Crippen molar-refractivity contribution in [2.75, 3.05) is 0 Å². The lowest BCUT2D eigenvalue weighted by Gasteiger charge is -2.30. The van der Waals surface area contributed by atoms with Crippen LogP contribution in [0.15, 0.2) is 36.5 Å². The van der Waals surface area contributed by atoms with Crippen molar-refractivity contribution in [2.24, 2.45) is 5.73 Å². The van der Waals surface area contributed by atoms with E-state index in [0.717, 1.165) is 12.1 Å². The van der Waals surface area contributed by atoms with Crippen molar-refractivity contribution in [1.29, 1.82) is 0 Å². The highest BCUT2D eigenvalue weighted by Gasteiger charge is 2.33. The molecule has 2 unspecified atom stereocenters. The van der Waals surface area contributed by atoms with Gasteiger partial charge in [-0.2, -0.15) is 13.2 Å². The minimum absolute atomic E-state index is 0.278. The summed E-state index contributed by atoms with van der Waals surface area (Å²) in [5, 5.41) is 0.358. The highest BCUT2D eigenvalue weighted by Crippen LogP contribution is 2.40. The summed E-state index contributed by atoms with van der Waals surface area (Å²) < 4.78 is 48.8. The summed E-state index contributed by atoms with van der Waals surface area (Å²) in [6, 6.07) is 6.02. The van der Waals surface area contributed by atoms with E-state index < -0.39 is 30.0 Å². The van der Waals surface area contributed by atoms with Gasteiger partial charge in [-0.05, 0) is 43.2 Å². The summed E-state index contributed by atoms with van der Waals surface area (Å²) in [5.41, 5.74) is 5.41.